The lowest BCUT2D eigenvalue weighted by Gasteiger charge is -2.18. The molecule has 0 aromatic heterocycles. The Hall–Kier alpha value is -0.740. The number of halogens is 2. The van der Waals surface area contributed by atoms with E-state index in [1.165, 1.54) is 19.3 Å². The van der Waals surface area contributed by atoms with Gasteiger partial charge < -0.3 is 10.1 Å². The highest BCUT2D eigenvalue weighted by atomic mass is 79.9. The second-order valence-corrected chi connectivity index (χ2v) is 6.24. The molecule has 0 radical (unpaired) electrons. The first-order valence-corrected chi connectivity index (χ1v) is 8.33. The van der Waals surface area contributed by atoms with Crippen LogP contribution in [0.25, 0.3) is 0 Å². The number of carbonyl (C=O) groups is 1. The third-order valence-corrected chi connectivity index (χ3v) is 5.01. The van der Waals surface area contributed by atoms with Crippen LogP contribution in [0.1, 0.15) is 29.6 Å². The minimum absolute atomic E-state index is 0.0984. The number of hydrogen-bond acceptors (Lipinski definition) is 2. The molecule has 20 heavy (non-hydrogen) atoms. The average Bonchev–Trinajstić information content (AvgIpc) is 2.92. The summed E-state index contributed by atoms with van der Waals surface area (Å²) in [5, 5.41) is 4.59. The molecule has 110 valence electrons. The van der Waals surface area contributed by atoms with Gasteiger partial charge in [-0.15, -0.1) is 0 Å². The maximum Gasteiger partial charge on any atom is 0.255 e. The summed E-state index contributed by atoms with van der Waals surface area (Å²) < 4.78 is 5.21. The van der Waals surface area contributed by atoms with E-state index in [1.54, 1.807) is 25.3 Å². The van der Waals surface area contributed by atoms with E-state index in [0.29, 0.717) is 28.2 Å². The third-order valence-electron chi connectivity index (χ3n) is 3.95. The van der Waals surface area contributed by atoms with Gasteiger partial charge in [-0.3, -0.25) is 4.79 Å². The van der Waals surface area contributed by atoms with E-state index in [4.69, 9.17) is 16.3 Å². The van der Waals surface area contributed by atoms with Crippen LogP contribution < -0.4 is 10.1 Å². The van der Waals surface area contributed by atoms with E-state index >= 15 is 0 Å². The summed E-state index contributed by atoms with van der Waals surface area (Å²) in [7, 11) is 1.54. The number of amides is 1. The van der Waals surface area contributed by atoms with Gasteiger partial charge in [-0.1, -0.05) is 34.0 Å². The van der Waals surface area contributed by atoms with E-state index in [2.05, 4.69) is 21.2 Å². The van der Waals surface area contributed by atoms with Crippen molar-refractivity contribution in [3.8, 4) is 5.75 Å². The van der Waals surface area contributed by atoms with Crippen molar-refractivity contribution >= 4 is 33.4 Å². The lowest BCUT2D eigenvalue weighted by Crippen LogP contribution is -2.31. The molecule has 1 fully saturated rings. The van der Waals surface area contributed by atoms with Crippen LogP contribution >= 0.6 is 27.5 Å². The molecule has 0 bridgehead atoms. The largest absolute Gasteiger partial charge is 0.496 e. The smallest absolute Gasteiger partial charge is 0.255 e. The second-order valence-electron chi connectivity index (χ2n) is 5.16. The van der Waals surface area contributed by atoms with Crippen molar-refractivity contribution in [2.75, 3.05) is 19.0 Å². The predicted octanol–water partition coefficient (Wildman–Crippen LogP) is 3.89. The molecule has 2 rings (SSSR count). The summed E-state index contributed by atoms with van der Waals surface area (Å²) in [4.78, 5) is 12.2. The summed E-state index contributed by atoms with van der Waals surface area (Å²) in [6.45, 7) is 0.723. The van der Waals surface area contributed by atoms with Crippen molar-refractivity contribution in [1.29, 1.82) is 0 Å². The van der Waals surface area contributed by atoms with Gasteiger partial charge in [-0.05, 0) is 42.9 Å². The maximum absolute atomic E-state index is 12.2. The number of hydrogen-bond donors (Lipinski definition) is 1. The van der Waals surface area contributed by atoms with Crippen LogP contribution in [0, 0.1) is 11.8 Å². The molecule has 0 aliphatic heterocycles. The van der Waals surface area contributed by atoms with Crippen molar-refractivity contribution < 1.29 is 9.53 Å². The van der Waals surface area contributed by atoms with Gasteiger partial charge in [0.2, 0.25) is 0 Å². The summed E-state index contributed by atoms with van der Waals surface area (Å²) in [5.41, 5.74) is 0.533. The zero-order valence-electron chi connectivity index (χ0n) is 11.5. The average molecular weight is 361 g/mol. The fraction of sp³-hybridized carbons (Fsp3) is 0.533. The normalized spacial score (nSPS) is 21.8. The SMILES string of the molecule is COc1cc(Cl)ccc1C(=O)NCC1CCCC1CBr. The van der Waals surface area contributed by atoms with Crippen molar-refractivity contribution in [2.45, 2.75) is 19.3 Å². The molecule has 1 aromatic carbocycles. The topological polar surface area (TPSA) is 38.3 Å². The molecule has 0 spiro atoms. The minimum Gasteiger partial charge on any atom is -0.496 e. The van der Waals surface area contributed by atoms with Crippen LogP contribution in [0.15, 0.2) is 18.2 Å². The van der Waals surface area contributed by atoms with Crippen molar-refractivity contribution in [3.05, 3.63) is 28.8 Å². The van der Waals surface area contributed by atoms with Gasteiger partial charge in [0.1, 0.15) is 5.75 Å². The van der Waals surface area contributed by atoms with Gasteiger partial charge in [0.25, 0.3) is 5.91 Å². The highest BCUT2D eigenvalue weighted by Gasteiger charge is 2.26. The van der Waals surface area contributed by atoms with Crippen LogP contribution in [0.3, 0.4) is 0 Å². The Labute approximate surface area is 133 Å². The van der Waals surface area contributed by atoms with Crippen molar-refractivity contribution in [2.24, 2.45) is 11.8 Å². The molecular weight excluding hydrogens is 342 g/mol. The minimum atomic E-state index is -0.0984. The predicted molar refractivity (Wildman–Crippen MR) is 85.0 cm³/mol. The number of carbonyl (C=O) groups excluding carboxylic acids is 1. The Morgan fingerprint density at radius 1 is 1.45 bits per heavy atom. The zero-order chi connectivity index (χ0) is 14.5. The quantitative estimate of drug-likeness (QED) is 0.809. The highest BCUT2D eigenvalue weighted by molar-refractivity contribution is 9.09. The van der Waals surface area contributed by atoms with E-state index in [9.17, 15) is 4.79 Å². The molecule has 1 aliphatic rings. The number of alkyl halides is 1. The lowest BCUT2D eigenvalue weighted by atomic mass is 9.98. The number of nitrogens with one attached hydrogen (secondary N) is 1. The van der Waals surface area contributed by atoms with Crippen LogP contribution in [0.5, 0.6) is 5.75 Å². The molecule has 1 amide bonds. The van der Waals surface area contributed by atoms with Gasteiger partial charge in [0, 0.05) is 16.9 Å². The molecule has 2 atom stereocenters. The summed E-state index contributed by atoms with van der Waals surface area (Å²) in [6, 6.07) is 5.07. The molecule has 1 aliphatic carbocycles. The molecule has 0 saturated heterocycles. The number of rotatable bonds is 5. The Bertz CT molecular complexity index is 481. The molecule has 1 N–H and O–H groups in total. The van der Waals surface area contributed by atoms with Crippen molar-refractivity contribution in [3.63, 3.8) is 0 Å². The number of ether oxygens (including phenoxy) is 1. The molecule has 0 heterocycles. The summed E-state index contributed by atoms with van der Waals surface area (Å²) in [5.74, 6) is 1.65. The number of benzene rings is 1. The maximum atomic E-state index is 12.2. The standard InChI is InChI=1S/C15H19BrClNO2/c1-20-14-7-12(17)5-6-13(14)15(19)18-9-11-4-2-3-10(11)8-16/h5-7,10-11H,2-4,8-9H2,1H3,(H,18,19). The Kier molecular flexibility index (Phi) is 5.73. The van der Waals surface area contributed by atoms with E-state index in [-0.39, 0.29) is 5.91 Å². The number of methoxy groups -OCH3 is 1. The van der Waals surface area contributed by atoms with Gasteiger partial charge in [-0.2, -0.15) is 0 Å². The molecule has 5 heteroatoms. The Morgan fingerprint density at radius 3 is 2.90 bits per heavy atom. The molecule has 3 nitrogen and oxygen atoms in total. The lowest BCUT2D eigenvalue weighted by molar-refractivity contribution is 0.0942. The van der Waals surface area contributed by atoms with Crippen LogP contribution in [-0.4, -0.2) is 24.9 Å². The summed E-state index contributed by atoms with van der Waals surface area (Å²) >= 11 is 9.45. The monoisotopic (exact) mass is 359 g/mol. The zero-order valence-corrected chi connectivity index (χ0v) is 13.8. The first-order valence-electron chi connectivity index (χ1n) is 6.83. The molecule has 1 aromatic rings. The first-order chi connectivity index (χ1) is 9.65. The van der Waals surface area contributed by atoms with E-state index in [1.807, 2.05) is 0 Å². The van der Waals surface area contributed by atoms with E-state index < -0.39 is 0 Å². The van der Waals surface area contributed by atoms with Crippen LogP contribution in [0.4, 0.5) is 0 Å². The van der Waals surface area contributed by atoms with Gasteiger partial charge in [-0.25, -0.2) is 0 Å². The van der Waals surface area contributed by atoms with Crippen molar-refractivity contribution in [1.82, 2.24) is 5.32 Å². The highest BCUT2D eigenvalue weighted by Crippen LogP contribution is 2.32. The summed E-state index contributed by atoms with van der Waals surface area (Å²) in [6.07, 6.45) is 3.69. The third kappa shape index (κ3) is 3.67. The second kappa shape index (κ2) is 7.32. The first kappa shape index (κ1) is 15.6. The molecular formula is C15H19BrClNO2. The fourth-order valence-corrected chi connectivity index (χ4v) is 3.77. The Morgan fingerprint density at radius 2 is 2.20 bits per heavy atom. The molecule has 1 saturated carbocycles. The van der Waals surface area contributed by atoms with Gasteiger partial charge in [0.15, 0.2) is 0 Å². The van der Waals surface area contributed by atoms with Gasteiger partial charge >= 0.3 is 0 Å². The Balaban J connectivity index is 1.98. The molecule has 2 unspecified atom stereocenters. The van der Waals surface area contributed by atoms with E-state index in [0.717, 1.165) is 11.9 Å². The van der Waals surface area contributed by atoms with Gasteiger partial charge in [0.05, 0.1) is 12.7 Å². The van der Waals surface area contributed by atoms with Crippen LogP contribution in [-0.2, 0) is 0 Å². The van der Waals surface area contributed by atoms with Crippen LogP contribution in [0.2, 0.25) is 5.02 Å². The fourth-order valence-electron chi connectivity index (χ4n) is 2.76.